The van der Waals surface area contributed by atoms with Crippen molar-refractivity contribution < 1.29 is 9.90 Å². The summed E-state index contributed by atoms with van der Waals surface area (Å²) in [5.41, 5.74) is 2.16. The predicted molar refractivity (Wildman–Crippen MR) is 85.8 cm³/mol. The molecule has 0 radical (unpaired) electrons. The van der Waals surface area contributed by atoms with Crippen LogP contribution in [0.15, 0.2) is 35.7 Å². The van der Waals surface area contributed by atoms with Crippen LogP contribution in [0.5, 0.6) is 0 Å². The number of nitrogens with one attached hydrogen (secondary N) is 1. The minimum Gasteiger partial charge on any atom is -0.392 e. The summed E-state index contributed by atoms with van der Waals surface area (Å²) >= 11 is 1.41. The molecule has 0 unspecified atom stereocenters. The first-order valence-electron chi connectivity index (χ1n) is 6.98. The Labute approximate surface area is 132 Å². The molecule has 1 fully saturated rings. The number of thiophene rings is 1. The minimum absolute atomic E-state index is 0.0200. The minimum atomic E-state index is -0.303. The second-order valence-electron chi connectivity index (χ2n) is 5.09. The third-order valence-corrected chi connectivity index (χ3v) is 4.60. The smallest absolute Gasteiger partial charge is 0.250 e. The number of amides is 1. The number of hydrogen-bond donors (Lipinski definition) is 2. The van der Waals surface area contributed by atoms with Gasteiger partial charge in [0.15, 0.2) is 0 Å². The Hall–Kier alpha value is -2.36. The maximum Gasteiger partial charge on any atom is 0.250 e. The standard InChI is InChI=1S/C16H15N3O2S/c17-9-12-5-7-22-16(12)19-6-4-14(15(19)21)18-13-3-1-2-11(8-13)10-20/h1-3,5,7-8,14,18,20H,4,6,10H2/t14-/m0/s1. The zero-order valence-electron chi connectivity index (χ0n) is 11.8. The lowest BCUT2D eigenvalue weighted by Crippen LogP contribution is -2.33. The topological polar surface area (TPSA) is 76.4 Å². The molecule has 1 amide bonds. The van der Waals surface area contributed by atoms with Gasteiger partial charge < -0.3 is 15.3 Å². The average molecular weight is 313 g/mol. The Kier molecular flexibility index (Phi) is 4.09. The van der Waals surface area contributed by atoms with Crippen molar-refractivity contribution in [2.75, 3.05) is 16.8 Å². The van der Waals surface area contributed by atoms with E-state index in [4.69, 9.17) is 10.4 Å². The molecular weight excluding hydrogens is 298 g/mol. The second-order valence-corrected chi connectivity index (χ2v) is 5.98. The summed E-state index contributed by atoms with van der Waals surface area (Å²) in [4.78, 5) is 14.2. The molecule has 112 valence electrons. The van der Waals surface area contributed by atoms with Crippen molar-refractivity contribution in [1.82, 2.24) is 0 Å². The summed E-state index contributed by atoms with van der Waals surface area (Å²) in [6.07, 6.45) is 0.685. The van der Waals surface area contributed by atoms with Crippen molar-refractivity contribution in [3.8, 4) is 6.07 Å². The van der Waals surface area contributed by atoms with Gasteiger partial charge >= 0.3 is 0 Å². The molecule has 6 heteroatoms. The fraction of sp³-hybridized carbons (Fsp3) is 0.250. The lowest BCUT2D eigenvalue weighted by atomic mass is 10.2. The van der Waals surface area contributed by atoms with E-state index < -0.39 is 0 Å². The molecule has 22 heavy (non-hydrogen) atoms. The first-order valence-corrected chi connectivity index (χ1v) is 7.86. The number of carbonyl (C=O) groups is 1. The average Bonchev–Trinajstić information content (AvgIpc) is 3.14. The van der Waals surface area contributed by atoms with Crippen molar-refractivity contribution in [2.45, 2.75) is 19.1 Å². The molecule has 1 aromatic heterocycles. The Bertz CT molecular complexity index is 735. The third kappa shape index (κ3) is 2.69. The van der Waals surface area contributed by atoms with Gasteiger partial charge in [-0.3, -0.25) is 4.79 Å². The molecule has 0 spiro atoms. The van der Waals surface area contributed by atoms with Crippen LogP contribution in [0.25, 0.3) is 0 Å². The van der Waals surface area contributed by atoms with E-state index in [-0.39, 0.29) is 18.6 Å². The maximum atomic E-state index is 12.5. The summed E-state index contributed by atoms with van der Waals surface area (Å²) in [5.74, 6) is -0.0200. The number of aliphatic hydroxyl groups is 1. The summed E-state index contributed by atoms with van der Waals surface area (Å²) in [5, 5.41) is 24.0. The number of rotatable bonds is 4. The van der Waals surface area contributed by atoms with E-state index in [1.807, 2.05) is 29.6 Å². The van der Waals surface area contributed by atoms with Crippen molar-refractivity contribution in [2.24, 2.45) is 0 Å². The molecule has 1 aromatic carbocycles. The Balaban J connectivity index is 1.75. The van der Waals surface area contributed by atoms with Gasteiger partial charge in [0.25, 0.3) is 0 Å². The van der Waals surface area contributed by atoms with Crippen LogP contribution in [0.1, 0.15) is 17.5 Å². The highest BCUT2D eigenvalue weighted by Gasteiger charge is 2.34. The summed E-state index contributed by atoms with van der Waals surface area (Å²) < 4.78 is 0. The first kappa shape index (κ1) is 14.6. The van der Waals surface area contributed by atoms with Crippen molar-refractivity contribution >= 4 is 27.9 Å². The van der Waals surface area contributed by atoms with Gasteiger partial charge in [0.1, 0.15) is 17.1 Å². The van der Waals surface area contributed by atoms with Crippen LogP contribution in [0.2, 0.25) is 0 Å². The molecule has 3 rings (SSSR count). The van der Waals surface area contributed by atoms with E-state index in [0.717, 1.165) is 16.3 Å². The molecule has 1 saturated heterocycles. The molecule has 5 nitrogen and oxygen atoms in total. The summed E-state index contributed by atoms with van der Waals surface area (Å²) in [7, 11) is 0. The van der Waals surface area contributed by atoms with E-state index in [0.29, 0.717) is 18.5 Å². The predicted octanol–water partition coefficient (Wildman–Crippen LogP) is 2.33. The number of aliphatic hydroxyl groups excluding tert-OH is 1. The van der Waals surface area contributed by atoms with Crippen LogP contribution in [0.4, 0.5) is 10.7 Å². The van der Waals surface area contributed by atoms with E-state index in [9.17, 15) is 4.79 Å². The lowest BCUT2D eigenvalue weighted by molar-refractivity contribution is -0.117. The van der Waals surface area contributed by atoms with Gasteiger partial charge in [-0.25, -0.2) is 0 Å². The fourth-order valence-electron chi connectivity index (χ4n) is 2.57. The number of hydrogen-bond acceptors (Lipinski definition) is 5. The molecule has 0 bridgehead atoms. The van der Waals surface area contributed by atoms with Crippen molar-refractivity contribution in [3.63, 3.8) is 0 Å². The number of benzene rings is 1. The zero-order chi connectivity index (χ0) is 15.5. The Morgan fingerprint density at radius 1 is 1.45 bits per heavy atom. The molecular formula is C16H15N3O2S. The van der Waals surface area contributed by atoms with Gasteiger partial charge in [0.05, 0.1) is 12.2 Å². The van der Waals surface area contributed by atoms with E-state index in [2.05, 4.69) is 11.4 Å². The third-order valence-electron chi connectivity index (χ3n) is 3.67. The van der Waals surface area contributed by atoms with Crippen LogP contribution >= 0.6 is 11.3 Å². The van der Waals surface area contributed by atoms with Crippen LogP contribution in [-0.4, -0.2) is 23.6 Å². The first-order chi connectivity index (χ1) is 10.7. The molecule has 1 aliphatic heterocycles. The number of nitriles is 1. The monoisotopic (exact) mass is 313 g/mol. The molecule has 2 heterocycles. The van der Waals surface area contributed by atoms with Crippen LogP contribution in [0, 0.1) is 11.3 Å². The highest BCUT2D eigenvalue weighted by Crippen LogP contribution is 2.31. The quantitative estimate of drug-likeness (QED) is 0.908. The molecule has 1 aliphatic rings. The highest BCUT2D eigenvalue weighted by atomic mass is 32.1. The van der Waals surface area contributed by atoms with Crippen molar-refractivity contribution in [3.05, 3.63) is 46.8 Å². The van der Waals surface area contributed by atoms with Crippen LogP contribution < -0.4 is 10.2 Å². The summed E-state index contributed by atoms with van der Waals surface area (Å²) in [6.45, 7) is 0.576. The number of carbonyl (C=O) groups excluding carboxylic acids is 1. The Morgan fingerprint density at radius 3 is 3.09 bits per heavy atom. The Morgan fingerprint density at radius 2 is 2.32 bits per heavy atom. The lowest BCUT2D eigenvalue weighted by Gasteiger charge is -2.16. The SMILES string of the molecule is N#Cc1ccsc1N1CC[C@H](Nc2cccc(CO)c2)C1=O. The molecule has 2 N–H and O–H groups in total. The van der Waals surface area contributed by atoms with E-state index >= 15 is 0 Å². The highest BCUT2D eigenvalue weighted by molar-refractivity contribution is 7.14. The molecule has 1 atom stereocenters. The van der Waals surface area contributed by atoms with Crippen LogP contribution in [-0.2, 0) is 11.4 Å². The molecule has 2 aromatic rings. The number of anilines is 2. The fourth-order valence-corrected chi connectivity index (χ4v) is 3.45. The van der Waals surface area contributed by atoms with Gasteiger partial charge in [-0.15, -0.1) is 11.3 Å². The summed E-state index contributed by atoms with van der Waals surface area (Å²) in [6, 6.07) is 10.9. The largest absolute Gasteiger partial charge is 0.392 e. The maximum absolute atomic E-state index is 12.5. The second kappa shape index (κ2) is 6.18. The van der Waals surface area contributed by atoms with Gasteiger partial charge in [0.2, 0.25) is 5.91 Å². The van der Waals surface area contributed by atoms with E-state index in [1.54, 1.807) is 11.0 Å². The van der Waals surface area contributed by atoms with Gasteiger partial charge in [-0.1, -0.05) is 12.1 Å². The van der Waals surface area contributed by atoms with Gasteiger partial charge in [0, 0.05) is 12.2 Å². The van der Waals surface area contributed by atoms with Gasteiger partial charge in [-0.05, 0) is 35.6 Å². The van der Waals surface area contributed by atoms with Crippen molar-refractivity contribution in [1.29, 1.82) is 5.26 Å². The molecule has 0 saturated carbocycles. The zero-order valence-corrected chi connectivity index (χ0v) is 12.6. The van der Waals surface area contributed by atoms with Crippen LogP contribution in [0.3, 0.4) is 0 Å². The molecule has 0 aliphatic carbocycles. The van der Waals surface area contributed by atoms with E-state index in [1.165, 1.54) is 11.3 Å². The normalized spacial score (nSPS) is 17.5. The number of nitrogens with zero attached hydrogens (tertiary/aromatic N) is 2. The van der Waals surface area contributed by atoms with Gasteiger partial charge in [-0.2, -0.15) is 5.26 Å².